The van der Waals surface area contributed by atoms with E-state index in [1.807, 2.05) is 26.8 Å². The topological polar surface area (TPSA) is 9.23 Å². The number of ether oxygens (including phenoxy) is 1. The van der Waals surface area contributed by atoms with Gasteiger partial charge < -0.3 is 4.74 Å². The third-order valence-electron chi connectivity index (χ3n) is 2.56. The minimum Gasteiger partial charge on any atom is -0.350 e. The highest BCUT2D eigenvalue weighted by Crippen LogP contribution is 2.50. The summed E-state index contributed by atoms with van der Waals surface area (Å²) in [5.41, 5.74) is 1.63. The lowest BCUT2D eigenvalue weighted by Crippen LogP contribution is -2.20. The Morgan fingerprint density at radius 3 is 2.50 bits per heavy atom. The first-order valence-electron chi connectivity index (χ1n) is 4.52. The van der Waals surface area contributed by atoms with Crippen LogP contribution in [0.5, 0.6) is 0 Å². The molecule has 14 heavy (non-hydrogen) atoms. The van der Waals surface area contributed by atoms with Gasteiger partial charge in [-0.3, -0.25) is 0 Å². The van der Waals surface area contributed by atoms with E-state index in [-0.39, 0.29) is 9.43 Å². The van der Waals surface area contributed by atoms with E-state index in [2.05, 4.69) is 22.6 Å². The van der Waals surface area contributed by atoms with Gasteiger partial charge in [-0.2, -0.15) is 0 Å². The summed E-state index contributed by atoms with van der Waals surface area (Å²) in [7, 11) is 0. The predicted octanol–water partition coefficient (Wildman–Crippen LogP) is 3.70. The van der Waals surface area contributed by atoms with Gasteiger partial charge in [0, 0.05) is 0 Å². The molecule has 76 valence electrons. The van der Waals surface area contributed by atoms with E-state index in [0.717, 1.165) is 11.1 Å². The van der Waals surface area contributed by atoms with Gasteiger partial charge in [-0.25, -0.2) is 4.39 Å². The highest BCUT2D eigenvalue weighted by Gasteiger charge is 2.44. The third-order valence-corrected chi connectivity index (χ3v) is 3.36. The second-order valence-corrected chi connectivity index (χ2v) is 6.28. The Bertz CT molecular complexity index is 385. The Kier molecular flexibility index (Phi) is 2.16. The van der Waals surface area contributed by atoms with Crippen LogP contribution < -0.4 is 0 Å². The monoisotopic (exact) mass is 306 g/mol. The van der Waals surface area contributed by atoms with Crippen LogP contribution in [0.3, 0.4) is 0 Å². The maximum atomic E-state index is 13.1. The van der Waals surface area contributed by atoms with Crippen molar-refractivity contribution in [3.05, 3.63) is 35.1 Å². The molecule has 1 aliphatic heterocycles. The van der Waals surface area contributed by atoms with Gasteiger partial charge in [-0.1, -0.05) is 6.07 Å². The molecule has 3 heteroatoms. The molecule has 0 saturated carbocycles. The van der Waals surface area contributed by atoms with Crippen LogP contribution in [0.15, 0.2) is 18.2 Å². The molecule has 1 atom stereocenters. The van der Waals surface area contributed by atoms with E-state index < -0.39 is 5.60 Å². The van der Waals surface area contributed by atoms with Gasteiger partial charge >= 0.3 is 0 Å². The van der Waals surface area contributed by atoms with Gasteiger partial charge in [0.15, 0.2) is 0 Å². The van der Waals surface area contributed by atoms with Crippen LogP contribution >= 0.6 is 22.6 Å². The van der Waals surface area contributed by atoms with Crippen molar-refractivity contribution in [3.8, 4) is 0 Å². The second-order valence-electron chi connectivity index (χ2n) is 4.22. The normalized spacial score (nSPS) is 28.9. The molecule has 1 aliphatic rings. The minimum absolute atomic E-state index is 0.200. The first-order chi connectivity index (χ1) is 6.33. The summed E-state index contributed by atoms with van der Waals surface area (Å²) in [6.45, 7) is 5.93. The van der Waals surface area contributed by atoms with E-state index in [9.17, 15) is 4.39 Å². The molecule has 1 nitrogen and oxygen atoms in total. The molecule has 0 aromatic heterocycles. The molecule has 0 amide bonds. The average Bonchev–Trinajstić information content (AvgIpc) is 2.17. The highest BCUT2D eigenvalue weighted by molar-refractivity contribution is 14.1. The van der Waals surface area contributed by atoms with E-state index in [1.165, 1.54) is 6.07 Å². The Hall–Kier alpha value is -0.160. The van der Waals surface area contributed by atoms with Crippen LogP contribution in [-0.2, 0) is 13.9 Å². The largest absolute Gasteiger partial charge is 0.350 e. The fourth-order valence-corrected chi connectivity index (χ4v) is 3.01. The second kappa shape index (κ2) is 2.92. The van der Waals surface area contributed by atoms with Crippen LogP contribution in [0, 0.1) is 5.82 Å². The highest BCUT2D eigenvalue weighted by atomic mass is 127. The molecule has 2 rings (SSSR count). The number of halogens is 2. The zero-order valence-electron chi connectivity index (χ0n) is 8.40. The molecule has 1 aromatic rings. The smallest absolute Gasteiger partial charge is 0.143 e. The summed E-state index contributed by atoms with van der Waals surface area (Å²) < 4.78 is 18.6. The molecular weight excluding hydrogens is 294 g/mol. The SMILES string of the molecule is CC1(C)OC(C)(I)c2ccc(F)cc21. The van der Waals surface area contributed by atoms with Gasteiger partial charge in [-0.15, -0.1) is 0 Å². The van der Waals surface area contributed by atoms with Crippen molar-refractivity contribution in [1.29, 1.82) is 0 Å². The van der Waals surface area contributed by atoms with Crippen molar-refractivity contribution in [2.75, 3.05) is 0 Å². The number of benzene rings is 1. The number of hydrogen-bond acceptors (Lipinski definition) is 1. The Labute approximate surface area is 96.8 Å². The number of alkyl halides is 1. The molecule has 0 saturated heterocycles. The van der Waals surface area contributed by atoms with Gasteiger partial charge in [0.25, 0.3) is 0 Å². The Morgan fingerprint density at radius 2 is 1.86 bits per heavy atom. The Balaban J connectivity index is 2.66. The molecule has 0 spiro atoms. The molecule has 1 heterocycles. The minimum atomic E-state index is -0.395. The number of fused-ring (bicyclic) bond motifs is 1. The summed E-state index contributed by atoms with van der Waals surface area (Å²) in [4.78, 5) is 0. The average molecular weight is 306 g/mol. The third kappa shape index (κ3) is 1.46. The van der Waals surface area contributed by atoms with Crippen molar-refractivity contribution in [3.63, 3.8) is 0 Å². The number of hydrogen-bond donors (Lipinski definition) is 0. The quantitative estimate of drug-likeness (QED) is 0.524. The van der Waals surface area contributed by atoms with E-state index >= 15 is 0 Å². The lowest BCUT2D eigenvalue weighted by atomic mass is 9.95. The first-order valence-corrected chi connectivity index (χ1v) is 5.60. The zero-order chi connectivity index (χ0) is 10.6. The van der Waals surface area contributed by atoms with E-state index in [4.69, 9.17) is 4.74 Å². The van der Waals surface area contributed by atoms with Gasteiger partial charge in [0.05, 0.1) is 5.60 Å². The fourth-order valence-electron chi connectivity index (χ4n) is 1.99. The molecule has 0 bridgehead atoms. The summed E-state index contributed by atoms with van der Waals surface area (Å²) >= 11 is 2.25. The molecular formula is C11H12FIO. The van der Waals surface area contributed by atoms with Crippen molar-refractivity contribution < 1.29 is 9.13 Å². The van der Waals surface area contributed by atoms with Crippen LogP contribution in [-0.4, -0.2) is 0 Å². The van der Waals surface area contributed by atoms with Crippen molar-refractivity contribution in [2.45, 2.75) is 30.0 Å². The molecule has 1 aromatic carbocycles. The fraction of sp³-hybridized carbons (Fsp3) is 0.455. The lowest BCUT2D eigenvalue weighted by Gasteiger charge is -2.23. The van der Waals surface area contributed by atoms with E-state index in [1.54, 1.807) is 6.07 Å². The molecule has 0 aliphatic carbocycles. The van der Waals surface area contributed by atoms with Crippen LogP contribution in [0.2, 0.25) is 0 Å². The maximum Gasteiger partial charge on any atom is 0.143 e. The van der Waals surface area contributed by atoms with Crippen molar-refractivity contribution >= 4 is 22.6 Å². The Morgan fingerprint density at radius 1 is 1.21 bits per heavy atom. The van der Waals surface area contributed by atoms with Crippen molar-refractivity contribution in [2.24, 2.45) is 0 Å². The van der Waals surface area contributed by atoms with Crippen molar-refractivity contribution in [1.82, 2.24) is 0 Å². The van der Waals surface area contributed by atoms with Crippen LogP contribution in [0.4, 0.5) is 4.39 Å². The summed E-state index contributed by atoms with van der Waals surface area (Å²) in [6.07, 6.45) is 0. The van der Waals surface area contributed by atoms with Crippen LogP contribution in [0.25, 0.3) is 0 Å². The summed E-state index contributed by atoms with van der Waals surface area (Å²) in [6, 6.07) is 4.87. The molecule has 1 unspecified atom stereocenters. The van der Waals surface area contributed by atoms with Gasteiger partial charge in [-0.05, 0) is 66.6 Å². The van der Waals surface area contributed by atoms with Crippen LogP contribution in [0.1, 0.15) is 31.9 Å². The first kappa shape index (κ1) is 10.4. The summed E-state index contributed by atoms with van der Waals surface area (Å²) in [5, 5.41) is 0. The van der Waals surface area contributed by atoms with Gasteiger partial charge in [0.2, 0.25) is 0 Å². The lowest BCUT2D eigenvalue weighted by molar-refractivity contribution is -0.0541. The molecule has 0 N–H and O–H groups in total. The zero-order valence-corrected chi connectivity index (χ0v) is 10.6. The van der Waals surface area contributed by atoms with E-state index in [0.29, 0.717) is 0 Å². The predicted molar refractivity (Wildman–Crippen MR) is 61.9 cm³/mol. The molecule has 0 fully saturated rings. The number of rotatable bonds is 0. The molecule has 0 radical (unpaired) electrons. The maximum absolute atomic E-state index is 13.1. The van der Waals surface area contributed by atoms with Gasteiger partial charge in [0.1, 0.15) is 9.43 Å². The standard InChI is InChI=1S/C11H12FIO/c1-10(2)9-6-7(12)4-5-8(9)11(3,13)14-10/h4-6H,1-3H3. The summed E-state index contributed by atoms with van der Waals surface area (Å²) in [5.74, 6) is -0.200.